The van der Waals surface area contributed by atoms with Gasteiger partial charge in [0.2, 0.25) is 0 Å². The quantitative estimate of drug-likeness (QED) is 0.888. The molecule has 0 aliphatic carbocycles. The first-order valence-electron chi connectivity index (χ1n) is 8.73. The summed E-state index contributed by atoms with van der Waals surface area (Å²) in [6, 6.07) is 10.0. The zero-order valence-electron chi connectivity index (χ0n) is 14.5. The first kappa shape index (κ1) is 16.7. The second-order valence-electron chi connectivity index (χ2n) is 6.66. The summed E-state index contributed by atoms with van der Waals surface area (Å²) < 4.78 is 0. The summed E-state index contributed by atoms with van der Waals surface area (Å²) in [4.78, 5) is 14.6. The molecular formula is C19H26N4O. The van der Waals surface area contributed by atoms with Crippen molar-refractivity contribution in [3.63, 3.8) is 0 Å². The highest BCUT2D eigenvalue weighted by atomic mass is 16.2. The fraction of sp³-hybridized carbons (Fsp3) is 0.474. The van der Waals surface area contributed by atoms with Crippen molar-refractivity contribution in [2.24, 2.45) is 5.92 Å². The van der Waals surface area contributed by atoms with Crippen LogP contribution in [0.1, 0.15) is 35.3 Å². The first-order valence-corrected chi connectivity index (χ1v) is 8.73. The van der Waals surface area contributed by atoms with Crippen LogP contribution in [0.25, 0.3) is 11.3 Å². The van der Waals surface area contributed by atoms with E-state index in [0.717, 1.165) is 49.7 Å². The van der Waals surface area contributed by atoms with E-state index in [1.54, 1.807) is 0 Å². The largest absolute Gasteiger partial charge is 0.337 e. The van der Waals surface area contributed by atoms with Crippen LogP contribution in [0.2, 0.25) is 0 Å². The van der Waals surface area contributed by atoms with Crippen LogP contribution in [0, 0.1) is 12.8 Å². The number of hydrogen-bond donors (Lipinski definition) is 2. The fourth-order valence-electron chi connectivity index (χ4n) is 3.25. The van der Waals surface area contributed by atoms with Gasteiger partial charge in [0, 0.05) is 18.7 Å². The summed E-state index contributed by atoms with van der Waals surface area (Å²) in [5, 5.41) is 10.4. The predicted octanol–water partition coefficient (Wildman–Crippen LogP) is 2.85. The minimum atomic E-state index is 0.0629. The Hall–Kier alpha value is -2.14. The maximum absolute atomic E-state index is 12.7. The number of likely N-dealkylation sites (tertiary alicyclic amines) is 1. The third-order valence-electron chi connectivity index (χ3n) is 4.86. The van der Waals surface area contributed by atoms with Gasteiger partial charge in [0.1, 0.15) is 5.69 Å². The molecule has 1 aromatic heterocycles. The molecule has 1 fully saturated rings. The van der Waals surface area contributed by atoms with Crippen LogP contribution in [-0.4, -0.2) is 47.7 Å². The molecule has 1 saturated heterocycles. The maximum atomic E-state index is 12.7. The zero-order valence-corrected chi connectivity index (χ0v) is 14.5. The molecular weight excluding hydrogens is 300 g/mol. The Kier molecular flexibility index (Phi) is 5.30. The number of rotatable bonds is 5. The summed E-state index contributed by atoms with van der Waals surface area (Å²) in [5.74, 6) is 0.791. The van der Waals surface area contributed by atoms with E-state index in [0.29, 0.717) is 5.69 Å². The first-order chi connectivity index (χ1) is 11.7. The van der Waals surface area contributed by atoms with E-state index < -0.39 is 0 Å². The maximum Gasteiger partial charge on any atom is 0.271 e. The number of aromatic nitrogens is 2. The Morgan fingerprint density at radius 2 is 2.00 bits per heavy atom. The molecule has 0 bridgehead atoms. The van der Waals surface area contributed by atoms with Crippen LogP contribution in [0.15, 0.2) is 30.3 Å². The molecule has 5 heteroatoms. The number of nitrogens with one attached hydrogen (secondary N) is 2. The standard InChI is InChI=1S/C19H26N4O/c1-14-3-5-16(6-4-14)17-13-18(22-21-17)19(24)23-11-8-15(9-12-23)7-10-20-2/h3-6,13,15,20H,7-12H2,1-2H3,(H,21,22). The molecule has 1 aromatic carbocycles. The monoisotopic (exact) mass is 326 g/mol. The number of hydrogen-bond acceptors (Lipinski definition) is 3. The van der Waals surface area contributed by atoms with Crippen LogP contribution >= 0.6 is 0 Å². The molecule has 1 aliphatic heterocycles. The van der Waals surface area contributed by atoms with Crippen molar-refractivity contribution in [3.8, 4) is 11.3 Å². The molecule has 3 rings (SSSR count). The van der Waals surface area contributed by atoms with E-state index in [-0.39, 0.29) is 5.91 Å². The Morgan fingerprint density at radius 3 is 2.67 bits per heavy atom. The van der Waals surface area contributed by atoms with Crippen molar-refractivity contribution in [1.82, 2.24) is 20.4 Å². The highest BCUT2D eigenvalue weighted by Gasteiger charge is 2.24. The smallest absolute Gasteiger partial charge is 0.271 e. The number of benzene rings is 1. The summed E-state index contributed by atoms with van der Waals surface area (Å²) >= 11 is 0. The average Bonchev–Trinajstić information content (AvgIpc) is 3.10. The van der Waals surface area contributed by atoms with Crippen molar-refractivity contribution < 1.29 is 4.79 Å². The molecule has 2 heterocycles. The van der Waals surface area contributed by atoms with Crippen LogP contribution < -0.4 is 5.32 Å². The number of carbonyl (C=O) groups is 1. The molecule has 0 radical (unpaired) electrons. The van der Waals surface area contributed by atoms with Crippen LogP contribution in [0.3, 0.4) is 0 Å². The van der Waals surface area contributed by atoms with Crippen molar-refractivity contribution in [2.75, 3.05) is 26.7 Å². The van der Waals surface area contributed by atoms with Gasteiger partial charge in [0.05, 0.1) is 5.69 Å². The minimum absolute atomic E-state index is 0.0629. The lowest BCUT2D eigenvalue weighted by molar-refractivity contribution is 0.0681. The number of piperidine rings is 1. The second kappa shape index (κ2) is 7.62. The summed E-state index contributed by atoms with van der Waals surface area (Å²) in [7, 11) is 1.99. The Labute approximate surface area is 143 Å². The summed E-state index contributed by atoms with van der Waals surface area (Å²) in [6.07, 6.45) is 3.37. The number of aromatic amines is 1. The van der Waals surface area contributed by atoms with Crippen molar-refractivity contribution >= 4 is 5.91 Å². The van der Waals surface area contributed by atoms with E-state index >= 15 is 0 Å². The van der Waals surface area contributed by atoms with E-state index in [1.165, 1.54) is 12.0 Å². The number of carbonyl (C=O) groups excluding carboxylic acids is 1. The molecule has 0 unspecified atom stereocenters. The molecule has 0 saturated carbocycles. The number of amides is 1. The number of aryl methyl sites for hydroxylation is 1. The van der Waals surface area contributed by atoms with Gasteiger partial charge < -0.3 is 10.2 Å². The van der Waals surface area contributed by atoms with Gasteiger partial charge in [-0.05, 0) is 51.8 Å². The molecule has 1 aliphatic rings. The normalized spacial score (nSPS) is 15.7. The van der Waals surface area contributed by atoms with Gasteiger partial charge in [-0.25, -0.2) is 0 Å². The Balaban J connectivity index is 1.61. The van der Waals surface area contributed by atoms with Gasteiger partial charge in [-0.1, -0.05) is 29.8 Å². The molecule has 0 spiro atoms. The van der Waals surface area contributed by atoms with Gasteiger partial charge in [-0.3, -0.25) is 9.89 Å². The third-order valence-corrected chi connectivity index (χ3v) is 4.86. The van der Waals surface area contributed by atoms with Crippen LogP contribution in [-0.2, 0) is 0 Å². The predicted molar refractivity (Wildman–Crippen MR) is 95.9 cm³/mol. The molecule has 0 atom stereocenters. The fourth-order valence-corrected chi connectivity index (χ4v) is 3.25. The van der Waals surface area contributed by atoms with Gasteiger partial charge in [0.15, 0.2) is 0 Å². The van der Waals surface area contributed by atoms with E-state index in [9.17, 15) is 4.79 Å². The van der Waals surface area contributed by atoms with Crippen LogP contribution in [0.5, 0.6) is 0 Å². The summed E-state index contributed by atoms with van der Waals surface area (Å²) in [5.41, 5.74) is 3.65. The SMILES string of the molecule is CNCCC1CCN(C(=O)c2cc(-c3ccc(C)cc3)n[nH]2)CC1. The zero-order chi connectivity index (χ0) is 16.9. The molecule has 2 aromatic rings. The molecule has 1 amide bonds. The van der Waals surface area contributed by atoms with E-state index in [4.69, 9.17) is 0 Å². The number of H-pyrrole nitrogens is 1. The van der Waals surface area contributed by atoms with Crippen molar-refractivity contribution in [1.29, 1.82) is 0 Å². The van der Waals surface area contributed by atoms with E-state index in [1.807, 2.05) is 30.1 Å². The van der Waals surface area contributed by atoms with Gasteiger partial charge >= 0.3 is 0 Å². The molecule has 2 N–H and O–H groups in total. The highest BCUT2D eigenvalue weighted by Crippen LogP contribution is 2.23. The minimum Gasteiger partial charge on any atom is -0.337 e. The number of nitrogens with zero attached hydrogens (tertiary/aromatic N) is 2. The van der Waals surface area contributed by atoms with E-state index in [2.05, 4.69) is 34.6 Å². The third kappa shape index (κ3) is 3.85. The molecule has 5 nitrogen and oxygen atoms in total. The molecule has 128 valence electrons. The molecule has 24 heavy (non-hydrogen) atoms. The average molecular weight is 326 g/mol. The summed E-state index contributed by atoms with van der Waals surface area (Å²) in [6.45, 7) is 4.79. The van der Waals surface area contributed by atoms with Gasteiger partial charge in [-0.2, -0.15) is 5.10 Å². The second-order valence-corrected chi connectivity index (χ2v) is 6.66. The lowest BCUT2D eigenvalue weighted by atomic mass is 9.93. The van der Waals surface area contributed by atoms with Gasteiger partial charge in [0.25, 0.3) is 5.91 Å². The van der Waals surface area contributed by atoms with Crippen molar-refractivity contribution in [2.45, 2.75) is 26.2 Å². The lowest BCUT2D eigenvalue weighted by Gasteiger charge is -2.31. The van der Waals surface area contributed by atoms with Crippen LogP contribution in [0.4, 0.5) is 0 Å². The van der Waals surface area contributed by atoms with Crippen molar-refractivity contribution in [3.05, 3.63) is 41.6 Å². The van der Waals surface area contributed by atoms with Gasteiger partial charge in [-0.15, -0.1) is 0 Å². The highest BCUT2D eigenvalue weighted by molar-refractivity contribution is 5.93. The Bertz CT molecular complexity index is 669. The topological polar surface area (TPSA) is 61.0 Å². The Morgan fingerprint density at radius 1 is 1.29 bits per heavy atom. The lowest BCUT2D eigenvalue weighted by Crippen LogP contribution is -2.39.